The molecule has 0 bridgehead atoms. The molecule has 2 aromatic rings. The van der Waals surface area contributed by atoms with E-state index in [0.29, 0.717) is 5.56 Å². The van der Waals surface area contributed by atoms with Crippen molar-refractivity contribution in [2.45, 2.75) is 19.1 Å². The number of hydrogen-bond acceptors (Lipinski definition) is 2. The molecule has 2 rings (SSSR count). The molecule has 2 atom stereocenters. The molecule has 21 heavy (non-hydrogen) atoms. The topological polar surface area (TPSA) is 32.3 Å². The molecule has 0 amide bonds. The van der Waals surface area contributed by atoms with Crippen molar-refractivity contribution < 1.29 is 18.3 Å². The number of hydrogen-bond donors (Lipinski definition) is 2. The average Bonchev–Trinajstić information content (AvgIpc) is 2.44. The van der Waals surface area contributed by atoms with Gasteiger partial charge in [0.25, 0.3) is 0 Å². The van der Waals surface area contributed by atoms with Crippen LogP contribution in [0.2, 0.25) is 0 Å². The molecule has 0 aliphatic heterocycles. The molecule has 0 saturated heterocycles. The minimum Gasteiger partial charge on any atom is -0.387 e. The standard InChI is InChI=1S/C16H16F3NO/c1-10(11-4-2-5-12(17)8-11)20-9-15(21)16-13(18)6-3-7-14(16)19/h2-8,10,15,20-21H,9H2,1H3/t10-,15?/m0/s1. The van der Waals surface area contributed by atoms with E-state index in [1.807, 2.05) is 0 Å². The first kappa shape index (κ1) is 15.5. The second-order valence-corrected chi connectivity index (χ2v) is 4.84. The Morgan fingerprint density at radius 1 is 1.05 bits per heavy atom. The highest BCUT2D eigenvalue weighted by molar-refractivity contribution is 5.23. The van der Waals surface area contributed by atoms with Crippen molar-refractivity contribution in [1.82, 2.24) is 5.32 Å². The van der Waals surface area contributed by atoms with Crippen molar-refractivity contribution in [2.24, 2.45) is 0 Å². The fraction of sp³-hybridized carbons (Fsp3) is 0.250. The van der Waals surface area contributed by atoms with Gasteiger partial charge in [-0.15, -0.1) is 0 Å². The molecule has 2 nitrogen and oxygen atoms in total. The van der Waals surface area contributed by atoms with E-state index < -0.39 is 17.7 Å². The fourth-order valence-electron chi connectivity index (χ4n) is 2.11. The quantitative estimate of drug-likeness (QED) is 0.885. The third kappa shape index (κ3) is 3.83. The van der Waals surface area contributed by atoms with Crippen LogP contribution in [0.15, 0.2) is 42.5 Å². The summed E-state index contributed by atoms with van der Waals surface area (Å²) in [5, 5.41) is 12.8. The largest absolute Gasteiger partial charge is 0.387 e. The highest BCUT2D eigenvalue weighted by atomic mass is 19.1. The third-order valence-electron chi connectivity index (χ3n) is 3.30. The minimum atomic E-state index is -1.32. The van der Waals surface area contributed by atoms with Gasteiger partial charge >= 0.3 is 0 Å². The van der Waals surface area contributed by atoms with Crippen LogP contribution in [0.4, 0.5) is 13.2 Å². The molecular formula is C16H16F3NO. The van der Waals surface area contributed by atoms with Crippen LogP contribution >= 0.6 is 0 Å². The summed E-state index contributed by atoms with van der Waals surface area (Å²) in [4.78, 5) is 0. The lowest BCUT2D eigenvalue weighted by atomic mass is 10.1. The Hall–Kier alpha value is -1.85. The molecule has 0 aliphatic carbocycles. The van der Waals surface area contributed by atoms with Gasteiger partial charge in [0.2, 0.25) is 0 Å². The van der Waals surface area contributed by atoms with Crippen molar-refractivity contribution in [3.05, 3.63) is 71.0 Å². The van der Waals surface area contributed by atoms with Crippen molar-refractivity contribution in [3.63, 3.8) is 0 Å². The Morgan fingerprint density at radius 2 is 1.67 bits per heavy atom. The number of rotatable bonds is 5. The molecule has 0 saturated carbocycles. The summed E-state index contributed by atoms with van der Waals surface area (Å²) >= 11 is 0. The first-order valence-electron chi connectivity index (χ1n) is 6.60. The van der Waals surface area contributed by atoms with Gasteiger partial charge in [0.05, 0.1) is 11.7 Å². The Kier molecular flexibility index (Phi) is 4.98. The van der Waals surface area contributed by atoms with Crippen molar-refractivity contribution in [3.8, 4) is 0 Å². The molecule has 0 aromatic heterocycles. The van der Waals surface area contributed by atoms with Gasteiger partial charge in [-0.1, -0.05) is 18.2 Å². The maximum Gasteiger partial charge on any atom is 0.131 e. The molecule has 112 valence electrons. The van der Waals surface area contributed by atoms with E-state index in [9.17, 15) is 18.3 Å². The summed E-state index contributed by atoms with van der Waals surface area (Å²) in [6.45, 7) is 1.73. The monoisotopic (exact) mass is 295 g/mol. The van der Waals surface area contributed by atoms with Crippen LogP contribution in [0.1, 0.15) is 30.2 Å². The van der Waals surface area contributed by atoms with Gasteiger partial charge in [0.1, 0.15) is 17.5 Å². The Balaban J connectivity index is 2.02. The average molecular weight is 295 g/mol. The van der Waals surface area contributed by atoms with E-state index in [0.717, 1.165) is 12.1 Å². The summed E-state index contributed by atoms with van der Waals surface area (Å²) in [6, 6.07) is 9.18. The minimum absolute atomic E-state index is 0.0461. The smallest absolute Gasteiger partial charge is 0.131 e. The summed E-state index contributed by atoms with van der Waals surface area (Å²) in [5.41, 5.74) is 0.327. The predicted molar refractivity (Wildman–Crippen MR) is 74.1 cm³/mol. The van der Waals surface area contributed by atoms with E-state index in [-0.39, 0.29) is 24.0 Å². The zero-order valence-electron chi connectivity index (χ0n) is 11.5. The molecule has 2 aromatic carbocycles. The predicted octanol–water partition coefficient (Wildman–Crippen LogP) is 3.49. The van der Waals surface area contributed by atoms with Crippen LogP contribution in [0.3, 0.4) is 0 Å². The lowest BCUT2D eigenvalue weighted by Crippen LogP contribution is -2.25. The van der Waals surface area contributed by atoms with E-state index in [1.165, 1.54) is 18.2 Å². The SMILES string of the molecule is C[C@H](NCC(O)c1c(F)cccc1F)c1cccc(F)c1. The number of benzene rings is 2. The van der Waals surface area contributed by atoms with E-state index in [2.05, 4.69) is 5.32 Å². The molecular weight excluding hydrogens is 279 g/mol. The summed E-state index contributed by atoms with van der Waals surface area (Å²) in [7, 11) is 0. The molecule has 1 unspecified atom stereocenters. The lowest BCUT2D eigenvalue weighted by Gasteiger charge is -2.18. The van der Waals surface area contributed by atoms with Crippen LogP contribution in [0.5, 0.6) is 0 Å². The summed E-state index contributed by atoms with van der Waals surface area (Å²) in [5.74, 6) is -1.94. The fourth-order valence-corrected chi connectivity index (χ4v) is 2.11. The second kappa shape index (κ2) is 6.74. The Morgan fingerprint density at radius 3 is 2.29 bits per heavy atom. The van der Waals surface area contributed by atoms with E-state index in [1.54, 1.807) is 19.1 Å². The van der Waals surface area contributed by atoms with Gasteiger partial charge in [-0.05, 0) is 36.8 Å². The maximum atomic E-state index is 13.5. The van der Waals surface area contributed by atoms with Crippen molar-refractivity contribution in [2.75, 3.05) is 6.54 Å². The second-order valence-electron chi connectivity index (χ2n) is 4.84. The maximum absolute atomic E-state index is 13.5. The molecule has 0 radical (unpaired) electrons. The van der Waals surface area contributed by atoms with Crippen LogP contribution in [0.25, 0.3) is 0 Å². The van der Waals surface area contributed by atoms with Gasteiger partial charge in [0, 0.05) is 12.6 Å². The molecule has 0 aliphatic rings. The van der Waals surface area contributed by atoms with Crippen molar-refractivity contribution >= 4 is 0 Å². The molecule has 0 fully saturated rings. The van der Waals surface area contributed by atoms with Crippen LogP contribution < -0.4 is 5.32 Å². The van der Waals surface area contributed by atoms with Gasteiger partial charge in [-0.3, -0.25) is 0 Å². The molecule has 2 N–H and O–H groups in total. The zero-order valence-corrected chi connectivity index (χ0v) is 11.5. The Labute approximate surface area is 121 Å². The van der Waals surface area contributed by atoms with Crippen LogP contribution in [0, 0.1) is 17.5 Å². The molecule has 0 heterocycles. The first-order chi connectivity index (χ1) is 9.99. The van der Waals surface area contributed by atoms with E-state index >= 15 is 0 Å². The highest BCUT2D eigenvalue weighted by Gasteiger charge is 2.18. The number of aliphatic hydroxyl groups is 1. The summed E-state index contributed by atoms with van der Waals surface area (Å²) < 4.78 is 40.2. The number of halogens is 3. The van der Waals surface area contributed by atoms with Gasteiger partial charge in [-0.2, -0.15) is 0 Å². The van der Waals surface area contributed by atoms with Gasteiger partial charge < -0.3 is 10.4 Å². The zero-order chi connectivity index (χ0) is 15.4. The first-order valence-corrected chi connectivity index (χ1v) is 6.60. The van der Waals surface area contributed by atoms with Crippen LogP contribution in [-0.4, -0.2) is 11.7 Å². The molecule has 5 heteroatoms. The lowest BCUT2D eigenvalue weighted by molar-refractivity contribution is 0.161. The summed E-state index contributed by atoms with van der Waals surface area (Å²) in [6.07, 6.45) is -1.32. The highest BCUT2D eigenvalue weighted by Crippen LogP contribution is 2.21. The number of nitrogens with one attached hydrogen (secondary N) is 1. The third-order valence-corrected chi connectivity index (χ3v) is 3.30. The number of aliphatic hydroxyl groups excluding tert-OH is 1. The van der Waals surface area contributed by atoms with Crippen molar-refractivity contribution in [1.29, 1.82) is 0 Å². The molecule has 0 spiro atoms. The normalized spacial score (nSPS) is 14.0. The van der Waals surface area contributed by atoms with Crippen LogP contribution in [-0.2, 0) is 0 Å². The van der Waals surface area contributed by atoms with Gasteiger partial charge in [0.15, 0.2) is 0 Å². The van der Waals surface area contributed by atoms with Gasteiger partial charge in [-0.25, -0.2) is 13.2 Å². The van der Waals surface area contributed by atoms with E-state index in [4.69, 9.17) is 0 Å². The Bertz CT molecular complexity index is 598.